The predicted octanol–water partition coefficient (Wildman–Crippen LogP) is 2.65. The molecular weight excluding hydrogens is 236 g/mol. The minimum absolute atomic E-state index is 0.285. The van der Waals surface area contributed by atoms with Crippen LogP contribution in [0.15, 0.2) is 0 Å². The average molecular weight is 268 g/mol. The highest BCUT2D eigenvalue weighted by Crippen LogP contribution is 2.29. The summed E-state index contributed by atoms with van der Waals surface area (Å²) in [6.45, 7) is 14.9. The summed E-state index contributed by atoms with van der Waals surface area (Å²) in [7, 11) is 0. The summed E-state index contributed by atoms with van der Waals surface area (Å²) in [6.07, 6.45) is 4.03. The Balaban J connectivity index is 2.10. The van der Waals surface area contributed by atoms with Crippen LogP contribution in [0, 0.1) is 5.92 Å². The van der Waals surface area contributed by atoms with Gasteiger partial charge in [0.05, 0.1) is 6.10 Å². The predicted molar refractivity (Wildman–Crippen MR) is 80.5 cm³/mol. The summed E-state index contributed by atoms with van der Waals surface area (Å²) in [5.74, 6) is 0.715. The Labute approximate surface area is 119 Å². The number of hydrogen-bond acceptors (Lipinski definition) is 3. The normalized spacial score (nSPS) is 41.7. The lowest BCUT2D eigenvalue weighted by molar-refractivity contribution is -0.0540. The molecule has 2 aliphatic heterocycles. The van der Waals surface area contributed by atoms with Crippen LogP contribution in [0.1, 0.15) is 53.9 Å². The average Bonchev–Trinajstić information content (AvgIpc) is 2.38. The molecule has 2 fully saturated rings. The minimum atomic E-state index is 0.285. The van der Waals surface area contributed by atoms with Gasteiger partial charge in [0, 0.05) is 37.3 Å². The third-order valence-corrected chi connectivity index (χ3v) is 5.17. The summed E-state index contributed by atoms with van der Waals surface area (Å²) >= 11 is 0. The number of hydrogen-bond donors (Lipinski definition) is 1. The second-order valence-electron chi connectivity index (χ2n) is 7.14. The van der Waals surface area contributed by atoms with Gasteiger partial charge < -0.3 is 10.1 Å². The van der Waals surface area contributed by atoms with Crippen molar-refractivity contribution in [3.8, 4) is 0 Å². The third kappa shape index (κ3) is 3.50. The Morgan fingerprint density at radius 1 is 1.42 bits per heavy atom. The molecule has 3 heteroatoms. The van der Waals surface area contributed by atoms with Gasteiger partial charge in [-0.15, -0.1) is 0 Å². The summed E-state index contributed by atoms with van der Waals surface area (Å²) in [5, 5.41) is 3.78. The van der Waals surface area contributed by atoms with E-state index in [9.17, 15) is 0 Å². The minimum Gasteiger partial charge on any atom is -0.378 e. The summed E-state index contributed by atoms with van der Waals surface area (Å²) < 4.78 is 5.73. The van der Waals surface area contributed by atoms with E-state index in [1.165, 1.54) is 25.8 Å². The first kappa shape index (κ1) is 15.3. The fourth-order valence-electron chi connectivity index (χ4n) is 3.58. The van der Waals surface area contributed by atoms with Crippen LogP contribution >= 0.6 is 0 Å². The van der Waals surface area contributed by atoms with E-state index >= 15 is 0 Å². The van der Waals surface area contributed by atoms with Crippen LogP contribution < -0.4 is 5.32 Å². The summed E-state index contributed by atoms with van der Waals surface area (Å²) in [5.41, 5.74) is 0.285. The highest BCUT2D eigenvalue weighted by atomic mass is 16.5. The second-order valence-corrected chi connectivity index (χ2v) is 7.14. The summed E-state index contributed by atoms with van der Waals surface area (Å²) in [6, 6.07) is 1.39. The molecule has 0 amide bonds. The maximum absolute atomic E-state index is 5.73. The topological polar surface area (TPSA) is 24.5 Å². The zero-order valence-electron chi connectivity index (χ0n) is 13.4. The van der Waals surface area contributed by atoms with Crippen molar-refractivity contribution >= 4 is 0 Å². The zero-order chi connectivity index (χ0) is 14.0. The van der Waals surface area contributed by atoms with Crippen molar-refractivity contribution in [3.63, 3.8) is 0 Å². The molecule has 2 saturated heterocycles. The van der Waals surface area contributed by atoms with E-state index in [2.05, 4.69) is 44.8 Å². The van der Waals surface area contributed by atoms with Gasteiger partial charge in [-0.2, -0.15) is 0 Å². The van der Waals surface area contributed by atoms with E-state index in [1.807, 2.05) is 0 Å². The van der Waals surface area contributed by atoms with Crippen molar-refractivity contribution in [1.29, 1.82) is 0 Å². The first-order chi connectivity index (χ1) is 8.95. The Kier molecular flexibility index (Phi) is 4.91. The number of piperazine rings is 1. The molecule has 19 heavy (non-hydrogen) atoms. The molecule has 0 aromatic heterocycles. The fraction of sp³-hybridized carbons (Fsp3) is 1.00. The van der Waals surface area contributed by atoms with E-state index in [0.29, 0.717) is 24.1 Å². The molecule has 0 aliphatic carbocycles. The molecule has 4 atom stereocenters. The molecule has 0 saturated carbocycles. The lowest BCUT2D eigenvalue weighted by Crippen LogP contribution is -2.66. The quantitative estimate of drug-likeness (QED) is 0.851. The van der Waals surface area contributed by atoms with Crippen molar-refractivity contribution < 1.29 is 4.74 Å². The van der Waals surface area contributed by atoms with Gasteiger partial charge in [-0.25, -0.2) is 0 Å². The maximum Gasteiger partial charge on any atom is 0.0561 e. The SMILES string of the molecule is CCC1(C)CN(C2CCOC(C)C2)C(C(C)C)CN1. The number of nitrogens with one attached hydrogen (secondary N) is 1. The molecule has 0 bridgehead atoms. The Morgan fingerprint density at radius 2 is 2.16 bits per heavy atom. The van der Waals surface area contributed by atoms with E-state index in [4.69, 9.17) is 4.74 Å². The molecule has 2 aliphatic rings. The van der Waals surface area contributed by atoms with Crippen molar-refractivity contribution in [3.05, 3.63) is 0 Å². The lowest BCUT2D eigenvalue weighted by Gasteiger charge is -2.51. The van der Waals surface area contributed by atoms with Gasteiger partial charge in [0.2, 0.25) is 0 Å². The van der Waals surface area contributed by atoms with Crippen molar-refractivity contribution in [2.75, 3.05) is 19.7 Å². The van der Waals surface area contributed by atoms with Gasteiger partial charge in [0.15, 0.2) is 0 Å². The Morgan fingerprint density at radius 3 is 2.74 bits per heavy atom. The summed E-state index contributed by atoms with van der Waals surface area (Å²) in [4.78, 5) is 2.80. The zero-order valence-corrected chi connectivity index (χ0v) is 13.4. The van der Waals surface area contributed by atoms with Gasteiger partial charge in [0.25, 0.3) is 0 Å². The van der Waals surface area contributed by atoms with Crippen LogP contribution in [0.25, 0.3) is 0 Å². The van der Waals surface area contributed by atoms with Crippen LogP contribution in [0.2, 0.25) is 0 Å². The lowest BCUT2D eigenvalue weighted by atomic mass is 9.87. The maximum atomic E-state index is 5.73. The first-order valence-electron chi connectivity index (χ1n) is 8.07. The largest absolute Gasteiger partial charge is 0.378 e. The molecule has 4 unspecified atom stereocenters. The third-order valence-electron chi connectivity index (χ3n) is 5.17. The van der Waals surface area contributed by atoms with Crippen LogP contribution in [0.4, 0.5) is 0 Å². The monoisotopic (exact) mass is 268 g/mol. The van der Waals surface area contributed by atoms with Crippen LogP contribution in [0.3, 0.4) is 0 Å². The van der Waals surface area contributed by atoms with E-state index in [-0.39, 0.29) is 5.54 Å². The van der Waals surface area contributed by atoms with E-state index in [0.717, 1.165) is 13.2 Å². The highest BCUT2D eigenvalue weighted by Gasteiger charge is 2.40. The van der Waals surface area contributed by atoms with Gasteiger partial charge in [-0.05, 0) is 39.0 Å². The number of rotatable bonds is 3. The van der Waals surface area contributed by atoms with Crippen molar-refractivity contribution in [2.24, 2.45) is 5.92 Å². The second kappa shape index (κ2) is 6.11. The molecule has 0 aromatic carbocycles. The molecule has 2 heterocycles. The molecular formula is C16H32N2O. The number of nitrogens with zero attached hydrogens (tertiary/aromatic N) is 1. The molecule has 0 spiro atoms. The Bertz CT molecular complexity index is 294. The van der Waals surface area contributed by atoms with E-state index in [1.54, 1.807) is 0 Å². The molecule has 2 rings (SSSR count). The first-order valence-corrected chi connectivity index (χ1v) is 8.07. The van der Waals surface area contributed by atoms with Gasteiger partial charge in [0.1, 0.15) is 0 Å². The fourth-order valence-corrected chi connectivity index (χ4v) is 3.58. The molecule has 112 valence electrons. The van der Waals surface area contributed by atoms with Gasteiger partial charge in [-0.3, -0.25) is 4.90 Å². The Hall–Kier alpha value is -0.120. The molecule has 3 nitrogen and oxygen atoms in total. The van der Waals surface area contributed by atoms with Crippen molar-refractivity contribution in [2.45, 2.75) is 77.6 Å². The molecule has 0 radical (unpaired) electrons. The van der Waals surface area contributed by atoms with E-state index < -0.39 is 0 Å². The highest BCUT2D eigenvalue weighted by molar-refractivity contribution is 4.98. The smallest absolute Gasteiger partial charge is 0.0561 e. The van der Waals surface area contributed by atoms with Crippen molar-refractivity contribution in [1.82, 2.24) is 10.2 Å². The van der Waals surface area contributed by atoms with Crippen LogP contribution in [-0.2, 0) is 4.74 Å². The molecule has 0 aromatic rings. The van der Waals surface area contributed by atoms with Gasteiger partial charge in [-0.1, -0.05) is 20.8 Å². The number of ether oxygens (including phenoxy) is 1. The standard InChI is InChI=1S/C16H32N2O/c1-6-16(5)11-18(15(10-17-16)12(2)3)14-7-8-19-13(4)9-14/h12-15,17H,6-11H2,1-5H3. The van der Waals surface area contributed by atoms with Gasteiger partial charge >= 0.3 is 0 Å². The molecule has 1 N–H and O–H groups in total. The van der Waals surface area contributed by atoms with Crippen LogP contribution in [0.5, 0.6) is 0 Å². The van der Waals surface area contributed by atoms with Crippen LogP contribution in [-0.4, -0.2) is 48.3 Å².